The van der Waals surface area contributed by atoms with Crippen LogP contribution in [-0.4, -0.2) is 5.90 Å². The third-order valence-electron chi connectivity index (χ3n) is 3.74. The van der Waals surface area contributed by atoms with Crippen molar-refractivity contribution in [1.82, 2.24) is 0 Å². The van der Waals surface area contributed by atoms with Crippen LogP contribution in [0.15, 0.2) is 88.6 Å². The molecular formula is C20H15NOS. The Morgan fingerprint density at radius 2 is 1.57 bits per heavy atom. The van der Waals surface area contributed by atoms with Gasteiger partial charge in [0.05, 0.1) is 0 Å². The van der Waals surface area contributed by atoms with E-state index in [1.165, 1.54) is 0 Å². The van der Waals surface area contributed by atoms with E-state index in [1.54, 1.807) is 11.3 Å². The van der Waals surface area contributed by atoms with E-state index in [2.05, 4.69) is 35.7 Å². The fourth-order valence-electron chi connectivity index (χ4n) is 2.57. The third-order valence-corrected chi connectivity index (χ3v) is 4.42. The average molecular weight is 317 g/mol. The van der Waals surface area contributed by atoms with Gasteiger partial charge >= 0.3 is 0 Å². The Bertz CT molecular complexity index is 836. The van der Waals surface area contributed by atoms with Crippen LogP contribution in [0.4, 0.5) is 0 Å². The SMILES string of the molecule is C1=C(c2ccccc2)OC(c2ccsc2)=NC1c1ccccc1. The van der Waals surface area contributed by atoms with Crippen molar-refractivity contribution in [2.75, 3.05) is 0 Å². The molecule has 1 aromatic heterocycles. The van der Waals surface area contributed by atoms with Crippen molar-refractivity contribution in [3.05, 3.63) is 100 Å². The Hall–Kier alpha value is -2.65. The van der Waals surface area contributed by atoms with E-state index in [-0.39, 0.29) is 6.04 Å². The minimum absolute atomic E-state index is 0.0324. The zero-order valence-corrected chi connectivity index (χ0v) is 13.2. The molecule has 1 unspecified atom stereocenters. The lowest BCUT2D eigenvalue weighted by atomic mass is 10.0. The molecule has 1 atom stereocenters. The van der Waals surface area contributed by atoms with Crippen LogP contribution in [0.5, 0.6) is 0 Å². The van der Waals surface area contributed by atoms with Gasteiger partial charge in [-0.3, -0.25) is 0 Å². The summed E-state index contributed by atoms with van der Waals surface area (Å²) in [6, 6.07) is 22.5. The number of nitrogens with zero attached hydrogens (tertiary/aromatic N) is 1. The van der Waals surface area contributed by atoms with Crippen molar-refractivity contribution >= 4 is 23.0 Å². The Balaban J connectivity index is 1.78. The van der Waals surface area contributed by atoms with Crippen LogP contribution in [0.1, 0.15) is 22.7 Å². The number of thiophene rings is 1. The van der Waals surface area contributed by atoms with E-state index >= 15 is 0 Å². The molecule has 0 aliphatic carbocycles. The zero-order valence-electron chi connectivity index (χ0n) is 12.4. The molecule has 4 rings (SSSR count). The smallest absolute Gasteiger partial charge is 0.223 e. The van der Waals surface area contributed by atoms with Crippen LogP contribution >= 0.6 is 11.3 Å². The van der Waals surface area contributed by atoms with Gasteiger partial charge in [-0.25, -0.2) is 4.99 Å². The summed E-state index contributed by atoms with van der Waals surface area (Å²) in [5, 5.41) is 4.11. The molecule has 0 radical (unpaired) electrons. The molecule has 2 heterocycles. The highest BCUT2D eigenvalue weighted by atomic mass is 32.1. The molecule has 1 aliphatic rings. The van der Waals surface area contributed by atoms with Crippen LogP contribution < -0.4 is 0 Å². The van der Waals surface area contributed by atoms with Crippen LogP contribution in [0.25, 0.3) is 5.76 Å². The minimum Gasteiger partial charge on any atom is -0.438 e. The number of aliphatic imine (C=N–C) groups is 1. The Morgan fingerprint density at radius 1 is 0.826 bits per heavy atom. The maximum absolute atomic E-state index is 6.09. The second kappa shape index (κ2) is 6.23. The molecule has 1 aliphatic heterocycles. The standard InChI is InChI=1S/C20H15NOS/c1-3-7-15(8-4-1)18-13-19(16-9-5-2-6-10-16)22-20(21-18)17-11-12-23-14-17/h1-14,18H. The van der Waals surface area contributed by atoms with E-state index in [0.29, 0.717) is 5.90 Å². The molecule has 112 valence electrons. The van der Waals surface area contributed by atoms with Crippen LogP contribution in [0, 0.1) is 0 Å². The lowest BCUT2D eigenvalue weighted by Gasteiger charge is -2.21. The molecule has 0 saturated carbocycles. The van der Waals surface area contributed by atoms with Gasteiger partial charge in [0.1, 0.15) is 11.8 Å². The normalized spacial score (nSPS) is 17.1. The van der Waals surface area contributed by atoms with Crippen LogP contribution in [0.2, 0.25) is 0 Å². The van der Waals surface area contributed by atoms with Gasteiger partial charge in [-0.2, -0.15) is 11.3 Å². The van der Waals surface area contributed by atoms with E-state index < -0.39 is 0 Å². The fourth-order valence-corrected chi connectivity index (χ4v) is 3.20. The summed E-state index contributed by atoms with van der Waals surface area (Å²) in [7, 11) is 0. The van der Waals surface area contributed by atoms with Crippen LogP contribution in [-0.2, 0) is 4.74 Å². The maximum atomic E-state index is 6.09. The van der Waals surface area contributed by atoms with Crippen molar-refractivity contribution < 1.29 is 4.74 Å². The van der Waals surface area contributed by atoms with Gasteiger partial charge in [-0.15, -0.1) is 0 Å². The van der Waals surface area contributed by atoms with E-state index in [1.807, 2.05) is 47.8 Å². The minimum atomic E-state index is -0.0324. The first-order chi connectivity index (χ1) is 11.4. The van der Waals surface area contributed by atoms with Gasteiger partial charge in [-0.1, -0.05) is 60.7 Å². The van der Waals surface area contributed by atoms with Gasteiger partial charge in [0.15, 0.2) is 0 Å². The van der Waals surface area contributed by atoms with Crippen molar-refractivity contribution in [1.29, 1.82) is 0 Å². The summed E-state index contributed by atoms with van der Waals surface area (Å²) in [5.74, 6) is 1.54. The third kappa shape index (κ3) is 2.96. The lowest BCUT2D eigenvalue weighted by molar-refractivity contribution is 0.486. The molecule has 0 amide bonds. The zero-order chi connectivity index (χ0) is 15.5. The summed E-state index contributed by atoms with van der Waals surface area (Å²) in [4.78, 5) is 4.79. The number of benzene rings is 2. The first-order valence-electron chi connectivity index (χ1n) is 7.50. The number of rotatable bonds is 3. The van der Waals surface area contributed by atoms with Gasteiger partial charge in [0, 0.05) is 16.5 Å². The summed E-state index contributed by atoms with van der Waals surface area (Å²) < 4.78 is 6.09. The monoisotopic (exact) mass is 317 g/mol. The van der Waals surface area contributed by atoms with Crippen molar-refractivity contribution in [3.8, 4) is 0 Å². The van der Waals surface area contributed by atoms with Gasteiger partial charge in [-0.05, 0) is 23.1 Å². The van der Waals surface area contributed by atoms with Crippen LogP contribution in [0.3, 0.4) is 0 Å². The van der Waals surface area contributed by atoms with E-state index in [4.69, 9.17) is 9.73 Å². The maximum Gasteiger partial charge on any atom is 0.223 e. The summed E-state index contributed by atoms with van der Waals surface area (Å²) >= 11 is 1.65. The highest BCUT2D eigenvalue weighted by molar-refractivity contribution is 7.08. The van der Waals surface area contributed by atoms with Crippen molar-refractivity contribution in [2.45, 2.75) is 6.04 Å². The van der Waals surface area contributed by atoms with E-state index in [9.17, 15) is 0 Å². The highest BCUT2D eigenvalue weighted by Gasteiger charge is 2.21. The number of hydrogen-bond donors (Lipinski definition) is 0. The molecule has 3 aromatic rings. The first-order valence-corrected chi connectivity index (χ1v) is 8.45. The van der Waals surface area contributed by atoms with Gasteiger partial charge in [0.2, 0.25) is 5.90 Å². The van der Waals surface area contributed by atoms with E-state index in [0.717, 1.165) is 22.4 Å². The second-order valence-electron chi connectivity index (χ2n) is 5.30. The molecule has 2 aromatic carbocycles. The quantitative estimate of drug-likeness (QED) is 0.641. The topological polar surface area (TPSA) is 21.6 Å². The largest absolute Gasteiger partial charge is 0.438 e. The van der Waals surface area contributed by atoms with Crippen molar-refractivity contribution in [2.24, 2.45) is 4.99 Å². The first kappa shape index (κ1) is 14.0. The molecule has 2 nitrogen and oxygen atoms in total. The highest BCUT2D eigenvalue weighted by Crippen LogP contribution is 2.31. The fraction of sp³-hybridized carbons (Fsp3) is 0.0500. The van der Waals surface area contributed by atoms with Gasteiger partial charge in [0.25, 0.3) is 0 Å². The summed E-state index contributed by atoms with van der Waals surface area (Å²) in [6.45, 7) is 0. The summed E-state index contributed by atoms with van der Waals surface area (Å²) in [5.41, 5.74) is 3.26. The Morgan fingerprint density at radius 3 is 2.26 bits per heavy atom. The molecule has 3 heteroatoms. The molecule has 0 N–H and O–H groups in total. The average Bonchev–Trinajstić information content (AvgIpc) is 3.18. The number of hydrogen-bond acceptors (Lipinski definition) is 3. The summed E-state index contributed by atoms with van der Waals surface area (Å²) in [6.07, 6.45) is 2.08. The van der Waals surface area contributed by atoms with Gasteiger partial charge < -0.3 is 4.74 Å². The van der Waals surface area contributed by atoms with Crippen molar-refractivity contribution in [3.63, 3.8) is 0 Å². The Kier molecular flexibility index (Phi) is 3.78. The Labute approximate surface area is 139 Å². The number of ether oxygens (including phenoxy) is 1. The molecular weight excluding hydrogens is 302 g/mol. The molecule has 0 fully saturated rings. The molecule has 0 saturated heterocycles. The molecule has 0 spiro atoms. The lowest BCUT2D eigenvalue weighted by Crippen LogP contribution is -2.13. The molecule has 23 heavy (non-hydrogen) atoms. The predicted octanol–water partition coefficient (Wildman–Crippen LogP) is 5.31. The predicted molar refractivity (Wildman–Crippen MR) is 95.5 cm³/mol. The molecule has 0 bridgehead atoms. The second-order valence-corrected chi connectivity index (χ2v) is 6.08.